The fraction of sp³-hybridized carbons (Fsp3) is 0.381. The number of hydrogen-bond donors (Lipinski definition) is 1. The van der Waals surface area contributed by atoms with Crippen molar-refractivity contribution in [2.24, 2.45) is 0 Å². The Balaban J connectivity index is 2.33. The molecule has 0 saturated carbocycles. The van der Waals surface area contributed by atoms with Crippen LogP contribution in [0, 0.1) is 6.92 Å². The molecule has 2 aromatic rings. The van der Waals surface area contributed by atoms with E-state index in [1.54, 1.807) is 40.1 Å². The molecule has 1 unspecified atom stereocenters. The minimum atomic E-state index is -0.747. The first-order valence-electron chi connectivity index (χ1n) is 9.34. The van der Waals surface area contributed by atoms with Crippen LogP contribution in [-0.2, 0) is 9.53 Å². The Hall–Kier alpha value is -2.87. The molecule has 7 nitrogen and oxygen atoms in total. The predicted octanol–water partition coefficient (Wildman–Crippen LogP) is 3.73. The highest BCUT2D eigenvalue weighted by molar-refractivity contribution is 7.18. The van der Waals surface area contributed by atoms with Crippen LogP contribution >= 0.6 is 11.3 Å². The number of benzene rings is 1. The predicted molar refractivity (Wildman–Crippen MR) is 113 cm³/mol. The van der Waals surface area contributed by atoms with Gasteiger partial charge in [-0.3, -0.25) is 9.59 Å². The van der Waals surface area contributed by atoms with Crippen LogP contribution in [0.25, 0.3) is 0 Å². The van der Waals surface area contributed by atoms with Crippen molar-refractivity contribution in [3.8, 4) is 5.75 Å². The molecule has 0 bridgehead atoms. The molecule has 0 aliphatic rings. The summed E-state index contributed by atoms with van der Waals surface area (Å²) in [6, 6.07) is 9.03. The van der Waals surface area contributed by atoms with Crippen LogP contribution in [0.2, 0.25) is 0 Å². The topological polar surface area (TPSA) is 84.9 Å². The van der Waals surface area contributed by atoms with Gasteiger partial charge in [0.1, 0.15) is 10.8 Å². The van der Waals surface area contributed by atoms with Gasteiger partial charge in [0.05, 0.1) is 17.0 Å². The second-order valence-corrected chi connectivity index (χ2v) is 7.52. The molecule has 0 fully saturated rings. The highest BCUT2D eigenvalue weighted by Gasteiger charge is 2.29. The van der Waals surface area contributed by atoms with Crippen molar-refractivity contribution in [2.45, 2.75) is 33.3 Å². The monoisotopic (exact) mass is 418 g/mol. The van der Waals surface area contributed by atoms with E-state index < -0.39 is 18.0 Å². The second-order valence-electron chi connectivity index (χ2n) is 6.50. The maximum Gasteiger partial charge on any atom is 0.341 e. The molecular formula is C21H26N2O5S. The smallest absolute Gasteiger partial charge is 0.341 e. The van der Waals surface area contributed by atoms with Gasteiger partial charge in [0.25, 0.3) is 11.8 Å². The maximum atomic E-state index is 12.8. The third-order valence-electron chi connectivity index (χ3n) is 4.15. The molecule has 1 aromatic carbocycles. The van der Waals surface area contributed by atoms with Gasteiger partial charge >= 0.3 is 5.97 Å². The lowest BCUT2D eigenvalue weighted by atomic mass is 10.1. The van der Waals surface area contributed by atoms with E-state index in [-0.39, 0.29) is 23.1 Å². The normalized spacial score (nSPS) is 11.5. The minimum Gasteiger partial charge on any atom is -0.481 e. The molecule has 0 aliphatic carbocycles. The summed E-state index contributed by atoms with van der Waals surface area (Å²) in [4.78, 5) is 39.6. The zero-order chi connectivity index (χ0) is 21.6. The van der Waals surface area contributed by atoms with E-state index >= 15 is 0 Å². The van der Waals surface area contributed by atoms with E-state index in [1.807, 2.05) is 25.1 Å². The Kier molecular flexibility index (Phi) is 7.78. The number of thiophene rings is 1. The molecule has 0 radical (unpaired) electrons. The van der Waals surface area contributed by atoms with Crippen LogP contribution in [0.3, 0.4) is 0 Å². The number of carbonyl (C=O) groups is 3. The van der Waals surface area contributed by atoms with Crippen molar-refractivity contribution < 1.29 is 23.9 Å². The maximum absolute atomic E-state index is 12.8. The Morgan fingerprint density at radius 2 is 1.79 bits per heavy atom. The number of anilines is 1. The van der Waals surface area contributed by atoms with Crippen LogP contribution in [0.5, 0.6) is 5.75 Å². The lowest BCUT2D eigenvalue weighted by Crippen LogP contribution is -2.32. The summed E-state index contributed by atoms with van der Waals surface area (Å²) in [6.45, 7) is 5.39. The molecule has 0 aliphatic heterocycles. The Morgan fingerprint density at radius 3 is 2.34 bits per heavy atom. The fourth-order valence-corrected chi connectivity index (χ4v) is 3.85. The van der Waals surface area contributed by atoms with Crippen LogP contribution < -0.4 is 10.1 Å². The van der Waals surface area contributed by atoms with Gasteiger partial charge in [-0.2, -0.15) is 0 Å². The molecule has 1 atom stereocenters. The van der Waals surface area contributed by atoms with Crippen LogP contribution in [0.15, 0.2) is 30.3 Å². The Morgan fingerprint density at radius 1 is 1.14 bits per heavy atom. The number of carbonyl (C=O) groups excluding carboxylic acids is 3. The number of esters is 1. The number of amides is 2. The Bertz CT molecular complexity index is 877. The molecular weight excluding hydrogens is 392 g/mol. The highest BCUT2D eigenvalue weighted by atomic mass is 32.1. The number of nitrogens with zero attached hydrogens (tertiary/aromatic N) is 1. The van der Waals surface area contributed by atoms with Gasteiger partial charge < -0.3 is 19.7 Å². The van der Waals surface area contributed by atoms with E-state index in [0.29, 0.717) is 22.6 Å². The third-order valence-corrected chi connectivity index (χ3v) is 5.34. The van der Waals surface area contributed by atoms with Crippen LogP contribution in [0.1, 0.15) is 45.9 Å². The summed E-state index contributed by atoms with van der Waals surface area (Å²) < 4.78 is 10.9. The standard InChI is InChI=1S/C21H26N2O5S/c1-6-15(28-14-11-9-8-10-12-14)18(24)22-19-16(21(26)27-7-2)13(3)17(29-19)20(25)23(4)5/h8-12,15H,6-7H2,1-5H3,(H,22,24). The average Bonchev–Trinajstić information content (AvgIpc) is 3.02. The van der Waals surface area contributed by atoms with E-state index in [9.17, 15) is 14.4 Å². The first-order chi connectivity index (χ1) is 13.8. The van der Waals surface area contributed by atoms with E-state index in [0.717, 1.165) is 11.3 Å². The summed E-state index contributed by atoms with van der Waals surface area (Å²) >= 11 is 1.06. The molecule has 1 heterocycles. The van der Waals surface area contributed by atoms with Crippen molar-refractivity contribution >= 4 is 34.1 Å². The van der Waals surface area contributed by atoms with Crippen molar-refractivity contribution in [1.29, 1.82) is 0 Å². The van der Waals surface area contributed by atoms with Gasteiger partial charge in [-0.1, -0.05) is 25.1 Å². The van der Waals surface area contributed by atoms with Crippen LogP contribution in [-0.4, -0.2) is 49.5 Å². The quantitative estimate of drug-likeness (QED) is 0.660. The molecule has 0 spiro atoms. The number of hydrogen-bond acceptors (Lipinski definition) is 6. The molecule has 1 N–H and O–H groups in total. The van der Waals surface area contributed by atoms with Crippen molar-refractivity contribution in [1.82, 2.24) is 4.90 Å². The average molecular weight is 419 g/mol. The van der Waals surface area contributed by atoms with Gasteiger partial charge in [0.2, 0.25) is 0 Å². The summed E-state index contributed by atoms with van der Waals surface area (Å²) in [5, 5.41) is 3.04. The van der Waals surface area contributed by atoms with Gasteiger partial charge in [-0.05, 0) is 38.0 Å². The lowest BCUT2D eigenvalue weighted by Gasteiger charge is -2.17. The molecule has 0 saturated heterocycles. The molecule has 29 heavy (non-hydrogen) atoms. The summed E-state index contributed by atoms with van der Waals surface area (Å²) in [6.07, 6.45) is -0.314. The largest absolute Gasteiger partial charge is 0.481 e. The van der Waals surface area contributed by atoms with Gasteiger partial charge in [-0.15, -0.1) is 11.3 Å². The number of ether oxygens (including phenoxy) is 2. The third kappa shape index (κ3) is 5.35. The van der Waals surface area contributed by atoms with E-state index in [2.05, 4.69) is 5.32 Å². The van der Waals surface area contributed by atoms with Crippen molar-refractivity contribution in [3.05, 3.63) is 46.3 Å². The lowest BCUT2D eigenvalue weighted by molar-refractivity contribution is -0.122. The molecule has 2 rings (SSSR count). The molecule has 8 heteroatoms. The number of rotatable bonds is 8. The zero-order valence-corrected chi connectivity index (χ0v) is 18.1. The first-order valence-corrected chi connectivity index (χ1v) is 10.2. The number of nitrogens with one attached hydrogen (secondary N) is 1. The molecule has 2 amide bonds. The van der Waals surface area contributed by atoms with Crippen LogP contribution in [0.4, 0.5) is 5.00 Å². The zero-order valence-electron chi connectivity index (χ0n) is 17.3. The number of para-hydroxylation sites is 1. The molecule has 1 aromatic heterocycles. The minimum absolute atomic E-state index is 0.188. The first kappa shape index (κ1) is 22.4. The van der Waals surface area contributed by atoms with E-state index in [1.165, 1.54) is 4.90 Å². The van der Waals surface area contributed by atoms with Gasteiger partial charge in [0.15, 0.2) is 6.10 Å². The van der Waals surface area contributed by atoms with Gasteiger partial charge in [-0.25, -0.2) is 4.79 Å². The Labute approximate surface area is 174 Å². The SMILES string of the molecule is CCOC(=O)c1c(NC(=O)C(CC)Oc2ccccc2)sc(C(=O)N(C)C)c1C. The van der Waals surface area contributed by atoms with Gasteiger partial charge in [0, 0.05) is 14.1 Å². The second kappa shape index (κ2) is 10.1. The summed E-state index contributed by atoms with van der Waals surface area (Å²) in [7, 11) is 3.26. The molecule has 156 valence electrons. The van der Waals surface area contributed by atoms with Crippen molar-refractivity contribution in [2.75, 3.05) is 26.0 Å². The summed E-state index contributed by atoms with van der Waals surface area (Å²) in [5.41, 5.74) is 0.685. The summed E-state index contributed by atoms with van der Waals surface area (Å²) in [5.74, 6) is -0.643. The fourth-order valence-electron chi connectivity index (χ4n) is 2.64. The van der Waals surface area contributed by atoms with E-state index in [4.69, 9.17) is 9.47 Å². The highest BCUT2D eigenvalue weighted by Crippen LogP contribution is 2.34. The van der Waals surface area contributed by atoms with Crippen molar-refractivity contribution in [3.63, 3.8) is 0 Å².